The van der Waals surface area contributed by atoms with Crippen molar-refractivity contribution in [3.05, 3.63) is 0 Å². The number of hydrogen-bond donors (Lipinski definition) is 0. The quantitative estimate of drug-likeness (QED) is 0.477. The minimum atomic E-state index is -1.82. The predicted octanol–water partition coefficient (Wildman–Crippen LogP) is 1.34. The van der Waals surface area contributed by atoms with Crippen LogP contribution in [0.1, 0.15) is 27.7 Å². The molecular weight excluding hydrogens is 431 g/mol. The van der Waals surface area contributed by atoms with Gasteiger partial charge in [-0.05, 0) is 0 Å². The van der Waals surface area contributed by atoms with Crippen molar-refractivity contribution in [3.63, 3.8) is 0 Å². The summed E-state index contributed by atoms with van der Waals surface area (Å²) in [5, 5.41) is 0. The second-order valence-corrected chi connectivity index (χ2v) is 12.0. The molecule has 2 unspecified atom stereocenters. The number of rotatable bonds is 4. The zero-order valence-corrected chi connectivity index (χ0v) is 15.3. The fourth-order valence-electron chi connectivity index (χ4n) is 0.250. The minimum absolute atomic E-state index is 0.0494. The molecule has 0 rings (SSSR count). The summed E-state index contributed by atoms with van der Waals surface area (Å²) < 4.78 is 40.5. The molecule has 0 saturated heterocycles. The van der Waals surface area contributed by atoms with E-state index >= 15 is 0 Å². The van der Waals surface area contributed by atoms with Gasteiger partial charge in [-0.2, -0.15) is 0 Å². The van der Waals surface area contributed by atoms with Gasteiger partial charge in [0.15, 0.2) is 0 Å². The van der Waals surface area contributed by atoms with E-state index in [1.807, 2.05) is 0 Å². The van der Waals surface area contributed by atoms with Gasteiger partial charge >= 0.3 is 46.0 Å². The maximum absolute atomic E-state index is 9.37. The molecule has 7 heteroatoms. The Bertz CT molecular complexity index is 140. The Kier molecular flexibility index (Phi) is 29.3. The van der Waals surface area contributed by atoms with Gasteiger partial charge in [-0.15, -0.1) is 0 Å². The average Bonchev–Trinajstić information content (AvgIpc) is 2.20. The fraction of sp³-hybridized carbons (Fsp3) is 1.00. The molecule has 0 aromatic rings. The van der Waals surface area contributed by atoms with Gasteiger partial charge < -0.3 is 9.11 Å². The van der Waals surface area contributed by atoms with Gasteiger partial charge in [-0.3, -0.25) is 8.42 Å². The van der Waals surface area contributed by atoms with Crippen molar-refractivity contribution in [1.82, 2.24) is 0 Å². The van der Waals surface area contributed by atoms with Crippen LogP contribution in [0.5, 0.6) is 0 Å². The Morgan fingerprint density at radius 1 is 0.867 bits per heavy atom. The molecule has 15 heavy (non-hydrogen) atoms. The first-order chi connectivity index (χ1) is 6.95. The summed E-state index contributed by atoms with van der Waals surface area (Å²) in [6.07, 6.45) is 0. The molecule has 4 nitrogen and oxygen atoms in total. The molecule has 0 aromatic heterocycles. The Balaban J connectivity index is -0.000000144. The van der Waals surface area contributed by atoms with Crippen molar-refractivity contribution in [2.24, 2.45) is 0 Å². The second-order valence-electron chi connectivity index (χ2n) is 2.14. The van der Waals surface area contributed by atoms with Crippen LogP contribution in [-0.2, 0) is 22.2 Å². The summed E-state index contributed by atoms with van der Waals surface area (Å²) in [4.78, 5) is 0. The van der Waals surface area contributed by atoms with E-state index < -0.39 is 22.2 Å². The molecule has 92 valence electrons. The SMILES string of the molecule is CCS(=O)[O-].CCS(=O)[O-].C[CH2][Pb+2][CH2]C. The monoisotopic (exact) mass is 452 g/mol. The van der Waals surface area contributed by atoms with E-state index in [9.17, 15) is 17.5 Å². The van der Waals surface area contributed by atoms with Crippen molar-refractivity contribution in [3.8, 4) is 0 Å². The van der Waals surface area contributed by atoms with Crippen LogP contribution in [0.15, 0.2) is 0 Å². The van der Waals surface area contributed by atoms with Crippen molar-refractivity contribution in [1.29, 1.82) is 0 Å². The van der Waals surface area contributed by atoms with E-state index in [1.165, 1.54) is 7.96 Å². The summed E-state index contributed by atoms with van der Waals surface area (Å²) >= 11 is -3.60. The van der Waals surface area contributed by atoms with Gasteiger partial charge in [-0.1, -0.05) is 36.0 Å². The van der Waals surface area contributed by atoms with E-state index in [0.717, 1.165) is 0 Å². The van der Waals surface area contributed by atoms with Gasteiger partial charge in [0.05, 0.1) is 0 Å². The van der Waals surface area contributed by atoms with Gasteiger partial charge in [0.2, 0.25) is 0 Å². The van der Waals surface area contributed by atoms with Crippen LogP contribution in [0.3, 0.4) is 0 Å². The van der Waals surface area contributed by atoms with Crippen molar-refractivity contribution >= 4 is 46.4 Å². The molecule has 0 spiro atoms. The molecule has 0 amide bonds. The normalized spacial score (nSPS) is 12.1. The molecule has 0 N–H and O–H groups in total. The maximum atomic E-state index is 9.37. The second kappa shape index (κ2) is 20.5. The third-order valence-electron chi connectivity index (χ3n) is 0.971. The van der Waals surface area contributed by atoms with Crippen LogP contribution >= 0.6 is 0 Å². The van der Waals surface area contributed by atoms with Gasteiger partial charge in [0, 0.05) is 11.5 Å². The third-order valence-corrected chi connectivity index (χ3v) is 5.80. The average molecular weight is 452 g/mol. The Labute approximate surface area is 110 Å². The van der Waals surface area contributed by atoms with Crippen LogP contribution in [0.4, 0.5) is 0 Å². The topological polar surface area (TPSA) is 80.3 Å². The molecule has 0 radical (unpaired) electrons. The standard InChI is InChI=1S/2C2H6O2S.2C2H5.Pb/c2*1-2-5(3)4;2*1-2;/h2*2H2,1H3,(H,3,4);2*1H2,2H3;/q;;;;+2/p-2. The van der Waals surface area contributed by atoms with Crippen LogP contribution in [0, 0.1) is 0 Å². The molecule has 0 aliphatic heterocycles. The van der Waals surface area contributed by atoms with Gasteiger partial charge in [0.25, 0.3) is 0 Å². The molecule has 0 saturated carbocycles. The fourth-order valence-corrected chi connectivity index (χ4v) is 2.19. The zero-order chi connectivity index (χ0) is 12.7. The van der Waals surface area contributed by atoms with Crippen LogP contribution in [0.2, 0.25) is 7.96 Å². The summed E-state index contributed by atoms with van der Waals surface area (Å²) in [6.45, 7) is 7.77. The van der Waals surface area contributed by atoms with Crippen LogP contribution in [-0.4, -0.2) is 53.3 Å². The third kappa shape index (κ3) is 51.3. The molecule has 0 aromatic carbocycles. The van der Waals surface area contributed by atoms with E-state index in [4.69, 9.17) is 0 Å². The molecule has 0 heterocycles. The van der Waals surface area contributed by atoms with Crippen molar-refractivity contribution in [2.75, 3.05) is 11.5 Å². The summed E-state index contributed by atoms with van der Waals surface area (Å²) in [7, 11) is 0. The van der Waals surface area contributed by atoms with Gasteiger partial charge in [0.1, 0.15) is 0 Å². The molecule has 0 bridgehead atoms. The van der Waals surface area contributed by atoms with Gasteiger partial charge in [-0.25, -0.2) is 0 Å². The predicted molar refractivity (Wildman–Crippen MR) is 65.6 cm³/mol. The zero-order valence-electron chi connectivity index (χ0n) is 9.78. The summed E-state index contributed by atoms with van der Waals surface area (Å²) in [5.74, 6) is 0.444. The molecule has 2 atom stereocenters. The van der Waals surface area contributed by atoms with Crippen molar-refractivity contribution in [2.45, 2.75) is 35.7 Å². The molecule has 0 aliphatic rings. The first-order valence-corrected chi connectivity index (χ1v) is 12.8. The Hall–Kier alpha value is 1.14. The summed E-state index contributed by atoms with van der Waals surface area (Å²) in [5.41, 5.74) is 0. The summed E-state index contributed by atoms with van der Waals surface area (Å²) in [6, 6.07) is 0. The van der Waals surface area contributed by atoms with Crippen molar-refractivity contribution < 1.29 is 17.5 Å². The first kappa shape index (κ1) is 21.4. The first-order valence-electron chi connectivity index (χ1n) is 4.78. The van der Waals surface area contributed by atoms with Crippen LogP contribution < -0.4 is 0 Å². The number of hydrogen-bond acceptors (Lipinski definition) is 4. The van der Waals surface area contributed by atoms with E-state index in [1.54, 1.807) is 13.8 Å². The Morgan fingerprint density at radius 2 is 1.07 bits per heavy atom. The molecule has 0 fully saturated rings. The van der Waals surface area contributed by atoms with E-state index in [-0.39, 0.29) is 35.7 Å². The molecular formula is C8H20O4PbS2. The van der Waals surface area contributed by atoms with E-state index in [2.05, 4.69) is 13.8 Å². The Morgan fingerprint density at radius 3 is 1.07 bits per heavy atom. The molecule has 0 aliphatic carbocycles. The van der Waals surface area contributed by atoms with E-state index in [0.29, 0.717) is 0 Å². The van der Waals surface area contributed by atoms with Crippen LogP contribution in [0.25, 0.3) is 0 Å².